The van der Waals surface area contributed by atoms with Crippen LogP contribution in [0.15, 0.2) is 48.0 Å². The molecule has 0 unspecified atom stereocenters. The number of H-pyrrole nitrogens is 2. The van der Waals surface area contributed by atoms with E-state index in [0.717, 1.165) is 6.92 Å². The second-order valence-electron chi connectivity index (χ2n) is 21.8. The first-order valence-electron chi connectivity index (χ1n) is 28.3. The van der Waals surface area contributed by atoms with Gasteiger partial charge in [0, 0.05) is 54.8 Å². The summed E-state index contributed by atoms with van der Waals surface area (Å²) in [6.45, 7) is 9.74. The number of aliphatic hydroxyl groups excluding tert-OH is 2. The fourth-order valence-electron chi connectivity index (χ4n) is 8.74. The molecule has 0 aliphatic heterocycles. The van der Waals surface area contributed by atoms with E-state index < -0.39 is 152 Å². The number of hydrogen-bond acceptors (Lipinski definition) is 16. The van der Waals surface area contributed by atoms with Gasteiger partial charge >= 0.3 is 11.9 Å². The van der Waals surface area contributed by atoms with Gasteiger partial charge in [0.2, 0.25) is 53.2 Å². The van der Waals surface area contributed by atoms with Crippen LogP contribution in [0.2, 0.25) is 0 Å². The molecule has 21 N–H and O–H groups in total. The van der Waals surface area contributed by atoms with Crippen LogP contribution in [0.4, 0.5) is 0 Å². The number of carbonyl (C=O) groups excluding carboxylic acids is 9. The number of carbonyl (C=O) groups is 11. The number of fused-ring (bicyclic) bond motifs is 1. The van der Waals surface area contributed by atoms with E-state index in [1.807, 2.05) is 6.92 Å². The van der Waals surface area contributed by atoms with Gasteiger partial charge in [-0.1, -0.05) is 66.2 Å². The Balaban J connectivity index is 1.79. The maximum absolute atomic E-state index is 14.4. The number of aromatic amines is 2. The predicted octanol–water partition coefficient (Wildman–Crippen LogP) is -3.49. The molecule has 3 aromatic rings. The lowest BCUT2D eigenvalue weighted by molar-refractivity contribution is -0.142. The number of imidazole rings is 1. The van der Waals surface area contributed by atoms with E-state index in [1.54, 1.807) is 65.1 Å². The number of nitrogens with zero attached hydrogens (tertiary/aromatic N) is 2. The standard InChI is InChI=1S/C55H86N16O15/c1-8-29(6)44(56)53(84)69-40(21-32-23-59-26-62-32)50(81)68-39(20-31-22-61-34-13-10-9-12-33(31)34)49(80)64-35(15-16-43(74)75)46(77)71-41(24-72)51(82)63-30(7)45(76)70-42(25-73)52(83)67-38(19-28(4)5)48(79)66-37(18-27(2)3)47(78)65-36(54(85)86)14-11-17-60-55(57)58/h9-10,12-13,22-23,26-30,35-42,44,61,72-73H,8,11,14-21,24-25,56H2,1-7H3,(H,59,62)(H,63,82)(H,64,80)(H,65,78)(H,66,79)(H,67,83)(H,68,81)(H,69,84)(H,70,76)(H,71,77)(H,74,75)(H,85,86)(H4,57,58,60)/t29-,30-,35-,36-,37-,38-,39-,40-,41-,42-,44-/m0/s1. The molecule has 31 nitrogen and oxygen atoms in total. The Kier molecular flexibility index (Phi) is 29.6. The van der Waals surface area contributed by atoms with E-state index in [1.165, 1.54) is 12.5 Å². The average Bonchev–Trinajstić information content (AvgIpc) is 4.28. The number of carboxylic acids is 2. The molecule has 0 bridgehead atoms. The highest BCUT2D eigenvalue weighted by molar-refractivity contribution is 5.99. The number of guanidine groups is 1. The number of carboxylic acid groups (broad SMARTS) is 2. The molecule has 0 aliphatic carbocycles. The molecule has 3 rings (SSSR count). The number of aliphatic carboxylic acids is 2. The largest absolute Gasteiger partial charge is 0.481 e. The fraction of sp³-hybridized carbons (Fsp3) is 0.582. The summed E-state index contributed by atoms with van der Waals surface area (Å²) in [5.41, 5.74) is 18.5. The molecule has 1 aromatic carbocycles. The lowest BCUT2D eigenvalue weighted by Gasteiger charge is -2.28. The highest BCUT2D eigenvalue weighted by Crippen LogP contribution is 2.20. The van der Waals surface area contributed by atoms with Gasteiger partial charge in [-0.2, -0.15) is 0 Å². The van der Waals surface area contributed by atoms with Crippen LogP contribution in [0.25, 0.3) is 10.9 Å². The van der Waals surface area contributed by atoms with Gasteiger partial charge in [0.05, 0.1) is 25.6 Å². The van der Waals surface area contributed by atoms with E-state index in [4.69, 9.17) is 17.2 Å². The Morgan fingerprint density at radius 3 is 1.58 bits per heavy atom. The fourth-order valence-corrected chi connectivity index (χ4v) is 8.74. The number of rotatable bonds is 38. The number of aliphatic imine (C=N–C) groups is 1. The molecule has 0 fully saturated rings. The van der Waals surface area contributed by atoms with Gasteiger partial charge in [-0.05, 0) is 68.4 Å². The second kappa shape index (κ2) is 35.6. The minimum atomic E-state index is -1.85. The van der Waals surface area contributed by atoms with Crippen molar-refractivity contribution in [2.75, 3.05) is 19.8 Å². The summed E-state index contributed by atoms with van der Waals surface area (Å²) in [5.74, 6) is -12.2. The third-order valence-corrected chi connectivity index (χ3v) is 13.8. The third kappa shape index (κ3) is 23.7. The number of hydrogen-bond donors (Lipinski definition) is 18. The normalized spacial score (nSPS) is 15.1. The minimum absolute atomic E-state index is 0.00472. The van der Waals surface area contributed by atoms with E-state index in [9.17, 15) is 73.2 Å². The summed E-state index contributed by atoms with van der Waals surface area (Å²) in [5, 5.41) is 62.8. The predicted molar refractivity (Wildman–Crippen MR) is 312 cm³/mol. The summed E-state index contributed by atoms with van der Waals surface area (Å²) in [6, 6.07) is -7.61. The van der Waals surface area contributed by atoms with Crippen LogP contribution in [0.1, 0.15) is 105 Å². The smallest absolute Gasteiger partial charge is 0.326 e. The summed E-state index contributed by atoms with van der Waals surface area (Å²) in [4.78, 5) is 162. The van der Waals surface area contributed by atoms with Crippen LogP contribution >= 0.6 is 0 Å². The Hall–Kier alpha value is -8.71. The molecule has 0 spiro atoms. The Morgan fingerprint density at radius 1 is 0.581 bits per heavy atom. The molecule has 0 radical (unpaired) electrons. The number of aliphatic hydroxyl groups is 2. The van der Waals surface area contributed by atoms with E-state index in [2.05, 4.69) is 67.8 Å². The van der Waals surface area contributed by atoms with Crippen LogP contribution in [0.5, 0.6) is 0 Å². The molecule has 31 heteroatoms. The van der Waals surface area contributed by atoms with Crippen LogP contribution < -0.4 is 65.1 Å². The molecule has 2 heterocycles. The molecule has 2 aromatic heterocycles. The molecule has 0 saturated carbocycles. The third-order valence-electron chi connectivity index (χ3n) is 13.8. The summed E-state index contributed by atoms with van der Waals surface area (Å²) in [6.07, 6.45) is 3.58. The van der Waals surface area contributed by atoms with Crippen LogP contribution in [-0.4, -0.2) is 187 Å². The van der Waals surface area contributed by atoms with Crippen molar-refractivity contribution in [1.29, 1.82) is 0 Å². The van der Waals surface area contributed by atoms with Gasteiger partial charge in [-0.3, -0.25) is 52.9 Å². The van der Waals surface area contributed by atoms with Crippen molar-refractivity contribution in [3.63, 3.8) is 0 Å². The summed E-state index contributed by atoms with van der Waals surface area (Å²) in [7, 11) is 0. The van der Waals surface area contributed by atoms with E-state index >= 15 is 0 Å². The monoisotopic (exact) mass is 1210 g/mol. The number of benzene rings is 1. The number of nitrogens with one attached hydrogen (secondary N) is 11. The van der Waals surface area contributed by atoms with Crippen molar-refractivity contribution >= 4 is 82.0 Å². The van der Waals surface area contributed by atoms with Crippen LogP contribution in [-0.2, 0) is 65.6 Å². The topological polar surface area (TPSA) is 512 Å². The molecule has 86 heavy (non-hydrogen) atoms. The van der Waals surface area contributed by atoms with Crippen molar-refractivity contribution < 1.29 is 73.2 Å². The lowest BCUT2D eigenvalue weighted by atomic mass is 9.98. The highest BCUT2D eigenvalue weighted by atomic mass is 16.4. The van der Waals surface area contributed by atoms with Gasteiger partial charge in [0.25, 0.3) is 0 Å². The van der Waals surface area contributed by atoms with Crippen molar-refractivity contribution in [2.45, 2.75) is 167 Å². The van der Waals surface area contributed by atoms with Crippen molar-refractivity contribution in [1.82, 2.24) is 62.8 Å². The molecule has 11 atom stereocenters. The summed E-state index contributed by atoms with van der Waals surface area (Å²) >= 11 is 0. The Labute approximate surface area is 497 Å². The first kappa shape index (κ1) is 71.6. The quantitative estimate of drug-likeness (QED) is 0.0150. The molecular weight excluding hydrogens is 1120 g/mol. The number of aromatic nitrogens is 3. The lowest BCUT2D eigenvalue weighted by Crippen LogP contribution is -2.61. The Bertz CT molecular complexity index is 2800. The van der Waals surface area contributed by atoms with E-state index in [0.29, 0.717) is 28.6 Å². The van der Waals surface area contributed by atoms with Gasteiger partial charge in [0.15, 0.2) is 5.96 Å². The SMILES string of the molecule is CC[C@H](C)[C@H](N)C(=O)N[C@@H](Cc1cnc[nH]1)C(=O)N[C@@H](Cc1c[nH]c2ccccc12)C(=O)N[C@@H](CCC(=O)O)C(=O)N[C@@H](CO)C(=O)N[C@@H](C)C(=O)N[C@@H](CO)C(=O)N[C@@H](CC(C)C)C(=O)N[C@@H](CC(C)C)C(=O)N[C@@H](CCCN=C(N)N)C(=O)O. The van der Waals surface area contributed by atoms with Crippen LogP contribution in [0, 0.1) is 17.8 Å². The number of nitrogens with two attached hydrogens (primary N) is 3. The maximum atomic E-state index is 14.4. The van der Waals surface area contributed by atoms with Gasteiger partial charge < -0.3 is 95.4 Å². The van der Waals surface area contributed by atoms with Crippen molar-refractivity contribution in [3.8, 4) is 0 Å². The zero-order chi connectivity index (χ0) is 64.4. The summed E-state index contributed by atoms with van der Waals surface area (Å²) < 4.78 is 0. The number of amides is 9. The van der Waals surface area contributed by atoms with Crippen molar-refractivity contribution in [2.24, 2.45) is 39.9 Å². The highest BCUT2D eigenvalue weighted by Gasteiger charge is 2.36. The van der Waals surface area contributed by atoms with Crippen LogP contribution in [0.3, 0.4) is 0 Å². The Morgan fingerprint density at radius 2 is 1.06 bits per heavy atom. The first-order chi connectivity index (χ1) is 40.6. The zero-order valence-corrected chi connectivity index (χ0v) is 49.4. The molecule has 0 saturated heterocycles. The maximum Gasteiger partial charge on any atom is 0.326 e. The van der Waals surface area contributed by atoms with E-state index in [-0.39, 0.29) is 68.8 Å². The molecule has 476 valence electrons. The van der Waals surface area contributed by atoms with Crippen molar-refractivity contribution in [3.05, 3.63) is 54.2 Å². The average molecular weight is 1210 g/mol. The molecule has 9 amide bonds. The molecule has 0 aliphatic rings. The zero-order valence-electron chi connectivity index (χ0n) is 49.4. The van der Waals surface area contributed by atoms with Gasteiger partial charge in [-0.15, -0.1) is 0 Å². The number of para-hydroxylation sites is 1. The molecular formula is C55H86N16O15. The van der Waals surface area contributed by atoms with Gasteiger partial charge in [0.1, 0.15) is 54.4 Å². The first-order valence-corrected chi connectivity index (χ1v) is 28.3. The van der Waals surface area contributed by atoms with Gasteiger partial charge in [-0.25, -0.2) is 9.78 Å². The second-order valence-corrected chi connectivity index (χ2v) is 21.8. The minimum Gasteiger partial charge on any atom is -0.481 e.